The van der Waals surface area contributed by atoms with Gasteiger partial charge in [-0.2, -0.15) is 0 Å². The van der Waals surface area contributed by atoms with Crippen molar-refractivity contribution in [3.8, 4) is 0 Å². The van der Waals surface area contributed by atoms with Crippen molar-refractivity contribution in [3.05, 3.63) is 0 Å². The predicted octanol–water partition coefficient (Wildman–Crippen LogP) is 5.49. The molecule has 0 saturated heterocycles. The first-order valence-electron chi connectivity index (χ1n) is 8.60. The summed E-state index contributed by atoms with van der Waals surface area (Å²) in [5.74, 6) is 4.22. The van der Waals surface area contributed by atoms with Crippen LogP contribution in [0.25, 0.3) is 0 Å². The van der Waals surface area contributed by atoms with Gasteiger partial charge in [0.05, 0.1) is 0 Å². The van der Waals surface area contributed by atoms with Gasteiger partial charge in [-0.3, -0.25) is 0 Å². The Kier molecular flexibility index (Phi) is 10.7. The second-order valence-electron chi connectivity index (χ2n) is 7.30. The summed E-state index contributed by atoms with van der Waals surface area (Å²) in [7, 11) is 0. The summed E-state index contributed by atoms with van der Waals surface area (Å²) in [5, 5.41) is 0. The Morgan fingerprint density at radius 1 is 0.684 bits per heavy atom. The van der Waals surface area contributed by atoms with Crippen LogP contribution in [0.15, 0.2) is 0 Å². The summed E-state index contributed by atoms with van der Waals surface area (Å²) in [4.78, 5) is 0. The molecule has 0 aliphatic heterocycles. The van der Waals surface area contributed by atoms with Crippen molar-refractivity contribution in [2.45, 2.75) is 80.1 Å². The Labute approximate surface area is 122 Å². The molecule has 0 aliphatic carbocycles. The highest BCUT2D eigenvalue weighted by atomic mass is 14.5. The fourth-order valence-corrected chi connectivity index (χ4v) is 2.79. The summed E-state index contributed by atoms with van der Waals surface area (Å²) in [6.07, 6.45) is 8.17. The molecule has 0 aliphatic rings. The third kappa shape index (κ3) is 9.49. The maximum Gasteiger partial charge on any atom is -0.00515 e. The van der Waals surface area contributed by atoms with E-state index in [1.807, 2.05) is 0 Å². The molecule has 0 fully saturated rings. The summed E-state index contributed by atoms with van der Waals surface area (Å²) < 4.78 is 0. The number of nitrogens with two attached hydrogens (primary N) is 1. The lowest BCUT2D eigenvalue weighted by atomic mass is 9.83. The number of hydrogen-bond acceptors (Lipinski definition) is 1. The zero-order chi connectivity index (χ0) is 14.8. The van der Waals surface area contributed by atoms with E-state index in [-0.39, 0.29) is 0 Å². The van der Waals surface area contributed by atoms with E-state index in [4.69, 9.17) is 5.73 Å². The van der Waals surface area contributed by atoms with Crippen molar-refractivity contribution in [1.82, 2.24) is 0 Å². The molecule has 0 saturated carbocycles. The lowest BCUT2D eigenvalue weighted by Gasteiger charge is -2.23. The molecule has 5 atom stereocenters. The van der Waals surface area contributed by atoms with Crippen LogP contribution < -0.4 is 5.73 Å². The fraction of sp³-hybridized carbons (Fsp3) is 1.00. The molecule has 0 aromatic carbocycles. The highest BCUT2D eigenvalue weighted by Crippen LogP contribution is 2.26. The van der Waals surface area contributed by atoms with Crippen molar-refractivity contribution >= 4 is 0 Å². The minimum Gasteiger partial charge on any atom is -0.330 e. The molecule has 116 valence electrons. The average Bonchev–Trinajstić information content (AvgIpc) is 2.41. The second-order valence-corrected chi connectivity index (χ2v) is 7.30. The maximum absolute atomic E-state index is 5.68. The number of hydrogen-bond donors (Lipinski definition) is 1. The molecule has 19 heavy (non-hydrogen) atoms. The highest BCUT2D eigenvalue weighted by molar-refractivity contribution is 4.66. The SMILES string of the molecule is CCC(C)C(C)C[C@@H](C)CC[C@@H](C)CCC(C)CN. The Morgan fingerprint density at radius 3 is 1.63 bits per heavy atom. The first kappa shape index (κ1) is 19.0. The molecule has 0 bridgehead atoms. The monoisotopic (exact) mass is 269 g/mol. The zero-order valence-corrected chi connectivity index (χ0v) is 14.4. The normalized spacial score (nSPS) is 19.7. The van der Waals surface area contributed by atoms with Crippen LogP contribution >= 0.6 is 0 Å². The van der Waals surface area contributed by atoms with Crippen molar-refractivity contribution in [1.29, 1.82) is 0 Å². The smallest absolute Gasteiger partial charge is 0.00515 e. The Balaban J connectivity index is 3.74. The van der Waals surface area contributed by atoms with Crippen LogP contribution in [0.5, 0.6) is 0 Å². The van der Waals surface area contributed by atoms with Gasteiger partial charge in [0.25, 0.3) is 0 Å². The van der Waals surface area contributed by atoms with E-state index in [9.17, 15) is 0 Å². The maximum atomic E-state index is 5.68. The Morgan fingerprint density at radius 2 is 1.16 bits per heavy atom. The van der Waals surface area contributed by atoms with Gasteiger partial charge in [0.15, 0.2) is 0 Å². The van der Waals surface area contributed by atoms with E-state index in [0.29, 0.717) is 5.92 Å². The van der Waals surface area contributed by atoms with Crippen molar-refractivity contribution in [2.24, 2.45) is 35.3 Å². The molecule has 0 aromatic heterocycles. The molecule has 0 aromatic rings. The molecule has 2 N–H and O–H groups in total. The molecular formula is C18H39N. The molecule has 3 unspecified atom stereocenters. The van der Waals surface area contributed by atoms with Gasteiger partial charge in [-0.15, -0.1) is 0 Å². The van der Waals surface area contributed by atoms with E-state index in [2.05, 4.69) is 41.5 Å². The molecule has 1 heteroatoms. The Hall–Kier alpha value is -0.0400. The molecular weight excluding hydrogens is 230 g/mol. The molecule has 0 amide bonds. The van der Waals surface area contributed by atoms with Gasteiger partial charge >= 0.3 is 0 Å². The topological polar surface area (TPSA) is 26.0 Å². The van der Waals surface area contributed by atoms with Gasteiger partial charge < -0.3 is 5.73 Å². The summed E-state index contributed by atoms with van der Waals surface area (Å²) in [6, 6.07) is 0. The summed E-state index contributed by atoms with van der Waals surface area (Å²) >= 11 is 0. The molecule has 0 heterocycles. The van der Waals surface area contributed by atoms with E-state index >= 15 is 0 Å². The molecule has 0 radical (unpaired) electrons. The van der Waals surface area contributed by atoms with Crippen LogP contribution in [0.3, 0.4) is 0 Å². The molecule has 1 nitrogen and oxygen atoms in total. The lowest BCUT2D eigenvalue weighted by Crippen LogP contribution is -2.13. The van der Waals surface area contributed by atoms with Gasteiger partial charge in [-0.1, -0.05) is 67.2 Å². The van der Waals surface area contributed by atoms with Crippen LogP contribution in [0.1, 0.15) is 80.1 Å². The van der Waals surface area contributed by atoms with Gasteiger partial charge in [0.2, 0.25) is 0 Å². The first-order valence-corrected chi connectivity index (χ1v) is 8.60. The van der Waals surface area contributed by atoms with Crippen molar-refractivity contribution < 1.29 is 0 Å². The van der Waals surface area contributed by atoms with Crippen LogP contribution in [0, 0.1) is 29.6 Å². The highest BCUT2D eigenvalue weighted by Gasteiger charge is 2.15. The van der Waals surface area contributed by atoms with Crippen LogP contribution in [-0.2, 0) is 0 Å². The molecule has 0 rings (SSSR count). The van der Waals surface area contributed by atoms with Gasteiger partial charge in [-0.25, -0.2) is 0 Å². The van der Waals surface area contributed by atoms with E-state index < -0.39 is 0 Å². The minimum absolute atomic E-state index is 0.699. The molecule has 0 spiro atoms. The predicted molar refractivity (Wildman–Crippen MR) is 88.3 cm³/mol. The number of rotatable bonds is 11. The standard InChI is InChI=1S/C18H39N/c1-7-17(5)18(6)12-15(3)10-8-14(2)9-11-16(4)13-19/h14-18H,7-13,19H2,1-6H3/t14-,15+,16?,17?,18?/m1/s1. The third-order valence-corrected chi connectivity index (χ3v) is 5.10. The first-order chi connectivity index (χ1) is 8.90. The van der Waals surface area contributed by atoms with Crippen LogP contribution in [-0.4, -0.2) is 6.54 Å². The van der Waals surface area contributed by atoms with Crippen LogP contribution in [0.2, 0.25) is 0 Å². The van der Waals surface area contributed by atoms with Gasteiger partial charge in [-0.05, 0) is 49.0 Å². The quantitative estimate of drug-likeness (QED) is 0.527. The largest absolute Gasteiger partial charge is 0.330 e. The van der Waals surface area contributed by atoms with E-state index in [0.717, 1.165) is 30.2 Å². The van der Waals surface area contributed by atoms with E-state index in [1.165, 1.54) is 38.5 Å². The third-order valence-electron chi connectivity index (χ3n) is 5.10. The summed E-state index contributed by atoms with van der Waals surface area (Å²) in [6.45, 7) is 15.1. The summed E-state index contributed by atoms with van der Waals surface area (Å²) in [5.41, 5.74) is 5.68. The Bertz CT molecular complexity index is 202. The minimum atomic E-state index is 0.699. The average molecular weight is 270 g/mol. The van der Waals surface area contributed by atoms with Gasteiger partial charge in [0, 0.05) is 0 Å². The fourth-order valence-electron chi connectivity index (χ4n) is 2.79. The van der Waals surface area contributed by atoms with Crippen LogP contribution in [0.4, 0.5) is 0 Å². The zero-order valence-electron chi connectivity index (χ0n) is 14.4. The second kappa shape index (κ2) is 10.7. The van der Waals surface area contributed by atoms with Crippen molar-refractivity contribution in [3.63, 3.8) is 0 Å². The van der Waals surface area contributed by atoms with Crippen molar-refractivity contribution in [2.75, 3.05) is 6.54 Å². The van der Waals surface area contributed by atoms with Gasteiger partial charge in [0.1, 0.15) is 0 Å². The lowest BCUT2D eigenvalue weighted by molar-refractivity contribution is 0.283. The van der Waals surface area contributed by atoms with E-state index in [1.54, 1.807) is 0 Å².